The summed E-state index contributed by atoms with van der Waals surface area (Å²) < 4.78 is 0. The number of rotatable bonds is 7. The molecule has 0 aromatic heterocycles. The summed E-state index contributed by atoms with van der Waals surface area (Å²) >= 11 is 1.30. The fourth-order valence-corrected chi connectivity index (χ4v) is 2.71. The summed E-state index contributed by atoms with van der Waals surface area (Å²) in [4.78, 5) is 22.2. The summed E-state index contributed by atoms with van der Waals surface area (Å²) in [6, 6.07) is 7.82. The van der Waals surface area contributed by atoms with E-state index in [1.807, 2.05) is 24.3 Å². The van der Waals surface area contributed by atoms with Crippen molar-refractivity contribution in [2.45, 2.75) is 25.2 Å². The van der Waals surface area contributed by atoms with Crippen LogP contribution in [-0.4, -0.2) is 35.0 Å². The van der Waals surface area contributed by atoms with Gasteiger partial charge in [0, 0.05) is 17.9 Å². The molecule has 1 amide bonds. The lowest BCUT2D eigenvalue weighted by atomic mass is 9.80. The number of amides is 1. The van der Waals surface area contributed by atoms with Crippen molar-refractivity contribution in [2.75, 3.05) is 18.1 Å². The van der Waals surface area contributed by atoms with Crippen LogP contribution in [0.25, 0.3) is 0 Å². The number of aliphatic carboxylic acids is 1. The van der Waals surface area contributed by atoms with E-state index in [1.54, 1.807) is 0 Å². The topological polar surface area (TPSA) is 66.4 Å². The second kappa shape index (κ2) is 7.33. The van der Waals surface area contributed by atoms with Crippen molar-refractivity contribution in [1.82, 2.24) is 5.32 Å². The first-order valence-corrected chi connectivity index (χ1v) is 8.00. The molecule has 108 valence electrons. The molecule has 1 aromatic rings. The minimum atomic E-state index is -0.826. The highest BCUT2D eigenvalue weighted by atomic mass is 32.2. The van der Waals surface area contributed by atoms with Crippen LogP contribution in [0, 0.1) is 0 Å². The minimum absolute atomic E-state index is 0.0754. The van der Waals surface area contributed by atoms with Crippen molar-refractivity contribution >= 4 is 23.6 Å². The van der Waals surface area contributed by atoms with Crippen LogP contribution in [0.5, 0.6) is 0 Å². The Morgan fingerprint density at radius 2 is 1.95 bits per heavy atom. The molecule has 1 saturated carbocycles. The Morgan fingerprint density at radius 1 is 1.25 bits per heavy atom. The third-order valence-electron chi connectivity index (χ3n) is 3.51. The molecule has 1 fully saturated rings. The number of nitrogens with one attached hydrogen (secondary N) is 1. The third kappa shape index (κ3) is 4.27. The highest BCUT2D eigenvalue weighted by Crippen LogP contribution is 2.36. The number of carboxylic acids is 1. The molecule has 0 unspecified atom stereocenters. The van der Waals surface area contributed by atoms with E-state index >= 15 is 0 Å². The van der Waals surface area contributed by atoms with Crippen LogP contribution in [-0.2, 0) is 4.79 Å². The maximum atomic E-state index is 11.9. The molecule has 2 N–H and O–H groups in total. The number of carboxylic acid groups (broad SMARTS) is 1. The maximum absolute atomic E-state index is 11.9. The van der Waals surface area contributed by atoms with Crippen LogP contribution in [0.2, 0.25) is 0 Å². The molecule has 1 aromatic carbocycles. The molecule has 2 rings (SSSR count). The van der Waals surface area contributed by atoms with E-state index in [0.29, 0.717) is 23.8 Å². The van der Waals surface area contributed by atoms with Crippen molar-refractivity contribution in [1.29, 1.82) is 0 Å². The highest BCUT2D eigenvalue weighted by molar-refractivity contribution is 7.99. The Hall–Kier alpha value is -1.49. The van der Waals surface area contributed by atoms with Gasteiger partial charge in [0.15, 0.2) is 0 Å². The maximum Gasteiger partial charge on any atom is 0.313 e. The number of carbonyl (C=O) groups excluding carboxylic acids is 1. The first kappa shape index (κ1) is 14.9. The van der Waals surface area contributed by atoms with E-state index in [4.69, 9.17) is 5.11 Å². The molecule has 1 aliphatic rings. The zero-order valence-electron chi connectivity index (χ0n) is 11.3. The van der Waals surface area contributed by atoms with Crippen molar-refractivity contribution in [3.05, 3.63) is 35.4 Å². The summed E-state index contributed by atoms with van der Waals surface area (Å²) in [6.45, 7) is 0.487. The Bertz CT molecular complexity index is 469. The predicted molar refractivity (Wildman–Crippen MR) is 80.3 cm³/mol. The monoisotopic (exact) mass is 293 g/mol. The molecule has 5 heteroatoms. The van der Waals surface area contributed by atoms with Crippen LogP contribution >= 0.6 is 11.8 Å². The van der Waals surface area contributed by atoms with Crippen molar-refractivity contribution in [3.8, 4) is 0 Å². The number of benzene rings is 1. The molecule has 4 nitrogen and oxygen atoms in total. The molecular formula is C15H19NO3S. The minimum Gasteiger partial charge on any atom is -0.481 e. The van der Waals surface area contributed by atoms with Crippen LogP contribution in [0.1, 0.15) is 41.1 Å². The lowest BCUT2D eigenvalue weighted by molar-refractivity contribution is -0.133. The van der Waals surface area contributed by atoms with Crippen LogP contribution < -0.4 is 5.32 Å². The molecule has 0 heterocycles. The third-order valence-corrected chi connectivity index (χ3v) is 4.45. The van der Waals surface area contributed by atoms with Gasteiger partial charge in [-0.25, -0.2) is 0 Å². The summed E-state index contributed by atoms with van der Waals surface area (Å²) in [6.07, 6.45) is 3.82. The van der Waals surface area contributed by atoms with Gasteiger partial charge in [0.25, 0.3) is 5.91 Å². The van der Waals surface area contributed by atoms with Gasteiger partial charge in [0.05, 0.1) is 5.75 Å². The Labute approximate surface area is 123 Å². The van der Waals surface area contributed by atoms with Gasteiger partial charge in [0.1, 0.15) is 0 Å². The van der Waals surface area contributed by atoms with E-state index in [-0.39, 0.29) is 11.7 Å². The van der Waals surface area contributed by atoms with Gasteiger partial charge in [-0.3, -0.25) is 9.59 Å². The van der Waals surface area contributed by atoms with E-state index < -0.39 is 5.97 Å². The SMILES string of the molecule is O=C(O)CSCCNC(=O)c1ccc(C2CCC2)cc1. The number of hydrogen-bond donors (Lipinski definition) is 2. The van der Waals surface area contributed by atoms with Crippen molar-refractivity contribution in [3.63, 3.8) is 0 Å². The van der Waals surface area contributed by atoms with E-state index in [0.717, 1.165) is 0 Å². The first-order chi connectivity index (χ1) is 9.66. The number of carbonyl (C=O) groups is 2. The van der Waals surface area contributed by atoms with Gasteiger partial charge in [-0.15, -0.1) is 11.8 Å². The summed E-state index contributed by atoms with van der Waals surface area (Å²) in [7, 11) is 0. The van der Waals surface area contributed by atoms with E-state index in [1.165, 1.54) is 36.6 Å². The molecule has 20 heavy (non-hydrogen) atoms. The summed E-state index contributed by atoms with van der Waals surface area (Å²) in [5.41, 5.74) is 1.99. The zero-order valence-corrected chi connectivity index (χ0v) is 12.1. The zero-order chi connectivity index (χ0) is 14.4. The second-order valence-electron chi connectivity index (χ2n) is 4.95. The van der Waals surface area contributed by atoms with Gasteiger partial charge in [-0.2, -0.15) is 0 Å². The summed E-state index contributed by atoms with van der Waals surface area (Å²) in [5.74, 6) is 0.443. The molecule has 0 atom stereocenters. The molecule has 0 aliphatic heterocycles. The smallest absolute Gasteiger partial charge is 0.313 e. The molecular weight excluding hydrogens is 274 g/mol. The molecule has 0 bridgehead atoms. The first-order valence-electron chi connectivity index (χ1n) is 6.84. The van der Waals surface area contributed by atoms with Crippen LogP contribution in [0.3, 0.4) is 0 Å². The molecule has 0 spiro atoms. The Morgan fingerprint density at radius 3 is 2.50 bits per heavy atom. The number of thioether (sulfide) groups is 1. The van der Waals surface area contributed by atoms with Gasteiger partial charge < -0.3 is 10.4 Å². The van der Waals surface area contributed by atoms with Crippen molar-refractivity contribution in [2.24, 2.45) is 0 Å². The lowest BCUT2D eigenvalue weighted by Gasteiger charge is -2.25. The Balaban J connectivity index is 1.73. The van der Waals surface area contributed by atoms with E-state index in [9.17, 15) is 9.59 Å². The fourth-order valence-electron chi connectivity index (χ4n) is 2.15. The second-order valence-corrected chi connectivity index (χ2v) is 6.06. The average molecular weight is 293 g/mol. The quantitative estimate of drug-likeness (QED) is 0.758. The average Bonchev–Trinajstić information content (AvgIpc) is 2.36. The number of hydrogen-bond acceptors (Lipinski definition) is 3. The van der Waals surface area contributed by atoms with Gasteiger partial charge in [-0.1, -0.05) is 18.6 Å². The highest BCUT2D eigenvalue weighted by Gasteiger charge is 2.19. The van der Waals surface area contributed by atoms with Crippen LogP contribution in [0.4, 0.5) is 0 Å². The normalized spacial score (nSPS) is 14.6. The van der Waals surface area contributed by atoms with E-state index in [2.05, 4.69) is 5.32 Å². The Kier molecular flexibility index (Phi) is 5.47. The van der Waals surface area contributed by atoms with Crippen molar-refractivity contribution < 1.29 is 14.7 Å². The van der Waals surface area contributed by atoms with Gasteiger partial charge >= 0.3 is 5.97 Å². The molecule has 1 aliphatic carbocycles. The van der Waals surface area contributed by atoms with Crippen LogP contribution in [0.15, 0.2) is 24.3 Å². The van der Waals surface area contributed by atoms with Gasteiger partial charge in [0.2, 0.25) is 0 Å². The largest absolute Gasteiger partial charge is 0.481 e. The fraction of sp³-hybridized carbons (Fsp3) is 0.467. The summed E-state index contributed by atoms with van der Waals surface area (Å²) in [5, 5.41) is 11.3. The predicted octanol–water partition coefficient (Wildman–Crippen LogP) is 2.50. The standard InChI is InChI=1S/C15H19NO3S/c17-14(18)10-20-9-8-16-15(19)13-6-4-12(5-7-13)11-2-1-3-11/h4-7,11H,1-3,8-10H2,(H,16,19)(H,17,18). The molecule has 0 saturated heterocycles. The lowest BCUT2D eigenvalue weighted by Crippen LogP contribution is -2.26. The molecule has 0 radical (unpaired) electrons. The van der Waals surface area contributed by atoms with Gasteiger partial charge in [-0.05, 0) is 36.5 Å².